The van der Waals surface area contributed by atoms with Crippen LogP contribution in [0.4, 0.5) is 14.5 Å². The molecule has 1 aromatic carbocycles. The van der Waals surface area contributed by atoms with E-state index in [9.17, 15) is 22.0 Å². The van der Waals surface area contributed by atoms with Gasteiger partial charge in [0.25, 0.3) is 0 Å². The van der Waals surface area contributed by atoms with Crippen LogP contribution in [-0.2, 0) is 28.1 Å². The van der Waals surface area contributed by atoms with Crippen LogP contribution in [0.25, 0.3) is 0 Å². The topological polar surface area (TPSA) is 81.1 Å². The summed E-state index contributed by atoms with van der Waals surface area (Å²) in [4.78, 5) is 11.6. The summed E-state index contributed by atoms with van der Waals surface area (Å²) in [5.74, 6) is -4.07. The summed E-state index contributed by atoms with van der Waals surface area (Å²) in [7, 11) is -3.06. The number of sulfone groups is 1. The highest BCUT2D eigenvalue weighted by Crippen LogP contribution is 2.26. The number of aromatic nitrogens is 2. The van der Waals surface area contributed by atoms with Gasteiger partial charge in [0.2, 0.25) is 15.7 Å². The largest absolute Gasteiger partial charge is 0.341 e. The zero-order chi connectivity index (χ0) is 18.1. The van der Waals surface area contributed by atoms with Crippen molar-refractivity contribution in [1.29, 1.82) is 0 Å². The molecular weight excluding hydrogens is 340 g/mol. The molecule has 0 saturated heterocycles. The lowest BCUT2D eigenvalue weighted by Gasteiger charge is -2.11. The van der Waals surface area contributed by atoms with Gasteiger partial charge in [-0.25, -0.2) is 8.42 Å². The van der Waals surface area contributed by atoms with Gasteiger partial charge in [-0.3, -0.25) is 9.48 Å². The highest BCUT2D eigenvalue weighted by Gasteiger charge is 2.29. The number of benzene rings is 1. The second-order valence-electron chi connectivity index (χ2n) is 5.30. The van der Waals surface area contributed by atoms with Crippen LogP contribution in [0.5, 0.6) is 0 Å². The average Bonchev–Trinajstić information content (AvgIpc) is 2.74. The van der Waals surface area contributed by atoms with E-state index in [1.807, 2.05) is 0 Å². The first-order valence-corrected chi connectivity index (χ1v) is 8.59. The summed E-state index contributed by atoms with van der Waals surface area (Å²) >= 11 is 0. The third-order valence-corrected chi connectivity index (χ3v) is 5.14. The maximum atomic E-state index is 12.8. The molecule has 6 nitrogen and oxygen atoms in total. The molecule has 0 radical (unpaired) electrons. The van der Waals surface area contributed by atoms with E-state index < -0.39 is 26.4 Å². The van der Waals surface area contributed by atoms with Crippen LogP contribution in [-0.4, -0.2) is 29.9 Å². The fourth-order valence-electron chi connectivity index (χ4n) is 2.34. The number of hydrogen-bond donors (Lipinski definition) is 1. The second-order valence-corrected chi connectivity index (χ2v) is 7.19. The monoisotopic (exact) mass is 357 g/mol. The molecule has 0 saturated carbocycles. The predicted octanol–water partition coefficient (Wildman–Crippen LogP) is 2.21. The van der Waals surface area contributed by atoms with Gasteiger partial charge < -0.3 is 5.32 Å². The number of carbonyl (C=O) groups excluding carboxylic acids is 1. The highest BCUT2D eigenvalue weighted by atomic mass is 32.2. The Hall–Kier alpha value is -2.29. The number of alkyl halides is 2. The third-order valence-electron chi connectivity index (χ3n) is 3.70. The zero-order valence-corrected chi connectivity index (χ0v) is 14.2. The summed E-state index contributed by atoms with van der Waals surface area (Å²) in [6.07, 6.45) is -0.0332. The van der Waals surface area contributed by atoms with Crippen LogP contribution in [0, 0.1) is 13.8 Å². The molecule has 0 spiro atoms. The van der Waals surface area contributed by atoms with Crippen molar-refractivity contribution in [1.82, 2.24) is 9.78 Å². The van der Waals surface area contributed by atoms with E-state index >= 15 is 0 Å². The summed E-state index contributed by atoms with van der Waals surface area (Å²) in [5, 5.41) is 6.59. The molecule has 0 aliphatic carbocycles. The van der Waals surface area contributed by atoms with Crippen molar-refractivity contribution in [3.63, 3.8) is 0 Å². The van der Waals surface area contributed by atoms with Gasteiger partial charge in [-0.05, 0) is 26.0 Å². The lowest BCUT2D eigenvalue weighted by atomic mass is 10.1. The molecule has 2 rings (SSSR count). The van der Waals surface area contributed by atoms with E-state index in [2.05, 4.69) is 10.4 Å². The molecule has 1 aromatic heterocycles. The van der Waals surface area contributed by atoms with Crippen molar-refractivity contribution >= 4 is 21.4 Å². The molecule has 2 aromatic rings. The van der Waals surface area contributed by atoms with E-state index in [1.54, 1.807) is 25.6 Å². The predicted molar refractivity (Wildman–Crippen MR) is 84.6 cm³/mol. The molecule has 9 heteroatoms. The maximum Gasteiger partial charge on any atom is 0.341 e. The van der Waals surface area contributed by atoms with Crippen molar-refractivity contribution in [2.45, 2.75) is 30.9 Å². The zero-order valence-electron chi connectivity index (χ0n) is 13.4. The van der Waals surface area contributed by atoms with Crippen molar-refractivity contribution < 1.29 is 22.0 Å². The van der Waals surface area contributed by atoms with Crippen molar-refractivity contribution in [2.24, 2.45) is 7.05 Å². The lowest BCUT2D eigenvalue weighted by molar-refractivity contribution is -0.115. The summed E-state index contributed by atoms with van der Waals surface area (Å²) in [6, 6.07) is 5.09. The minimum atomic E-state index is -4.80. The minimum absolute atomic E-state index is 0.0332. The number of carbonyl (C=O) groups is 1. The van der Waals surface area contributed by atoms with Gasteiger partial charge in [0, 0.05) is 18.3 Å². The Morgan fingerprint density at radius 2 is 1.92 bits per heavy atom. The number of nitrogens with zero attached hydrogens (tertiary/aromatic N) is 2. The molecule has 24 heavy (non-hydrogen) atoms. The normalized spacial score (nSPS) is 11.8. The van der Waals surface area contributed by atoms with Crippen molar-refractivity contribution in [3.8, 4) is 0 Å². The van der Waals surface area contributed by atoms with Gasteiger partial charge in [-0.1, -0.05) is 12.1 Å². The van der Waals surface area contributed by atoms with Gasteiger partial charge in [-0.15, -0.1) is 0 Å². The molecule has 130 valence electrons. The molecule has 0 fully saturated rings. The van der Waals surface area contributed by atoms with E-state index in [4.69, 9.17) is 0 Å². The SMILES string of the molecule is Cc1nn(C)c(C)c1CC(=O)Nc1ccccc1S(=O)(=O)C(F)F. The summed E-state index contributed by atoms with van der Waals surface area (Å²) in [6.45, 7) is 3.56. The first kappa shape index (κ1) is 18.1. The molecule has 0 aliphatic rings. The molecule has 0 aliphatic heterocycles. The van der Waals surface area contributed by atoms with Crippen LogP contribution in [0.15, 0.2) is 29.2 Å². The number of nitrogens with one attached hydrogen (secondary N) is 1. The van der Waals surface area contributed by atoms with E-state index in [0.29, 0.717) is 11.3 Å². The van der Waals surface area contributed by atoms with Gasteiger partial charge in [-0.2, -0.15) is 13.9 Å². The number of halogens is 2. The third kappa shape index (κ3) is 3.45. The molecular formula is C15H17F2N3O3S. The summed E-state index contributed by atoms with van der Waals surface area (Å²) in [5.41, 5.74) is 2.03. The van der Waals surface area contributed by atoms with E-state index in [0.717, 1.165) is 11.8 Å². The van der Waals surface area contributed by atoms with E-state index in [1.165, 1.54) is 18.2 Å². The Balaban J connectivity index is 2.28. The first-order valence-electron chi connectivity index (χ1n) is 7.04. The number of rotatable bonds is 5. The number of hydrogen-bond acceptors (Lipinski definition) is 4. The lowest BCUT2D eigenvalue weighted by Crippen LogP contribution is -2.19. The summed E-state index contributed by atoms with van der Waals surface area (Å²) < 4.78 is 50.5. The first-order chi connectivity index (χ1) is 11.1. The Bertz CT molecular complexity index is 876. The number of amides is 1. The van der Waals surface area contributed by atoms with Gasteiger partial charge in [0.05, 0.1) is 22.7 Å². The molecule has 0 atom stereocenters. The smallest absolute Gasteiger partial charge is 0.325 e. The van der Waals surface area contributed by atoms with Crippen LogP contribution < -0.4 is 5.32 Å². The minimum Gasteiger partial charge on any atom is -0.325 e. The Morgan fingerprint density at radius 1 is 1.29 bits per heavy atom. The average molecular weight is 357 g/mol. The molecule has 1 N–H and O–H groups in total. The maximum absolute atomic E-state index is 12.8. The standard InChI is InChI=1S/C15H17F2N3O3S/c1-9-11(10(2)20(3)19-9)8-14(21)18-12-6-4-5-7-13(12)24(22,23)15(16)17/h4-7,15H,8H2,1-3H3,(H,18,21). The van der Waals surface area contributed by atoms with E-state index in [-0.39, 0.29) is 12.1 Å². The van der Waals surface area contributed by atoms with Crippen LogP contribution in [0.3, 0.4) is 0 Å². The molecule has 0 unspecified atom stereocenters. The molecule has 1 amide bonds. The number of aryl methyl sites for hydroxylation is 2. The second kappa shape index (κ2) is 6.68. The van der Waals surface area contributed by atoms with Crippen LogP contribution >= 0.6 is 0 Å². The fourth-order valence-corrected chi connectivity index (χ4v) is 3.23. The number of anilines is 1. The van der Waals surface area contributed by atoms with Gasteiger partial charge in [0.1, 0.15) is 0 Å². The Morgan fingerprint density at radius 3 is 2.46 bits per heavy atom. The van der Waals surface area contributed by atoms with Crippen molar-refractivity contribution in [3.05, 3.63) is 41.2 Å². The van der Waals surface area contributed by atoms with Gasteiger partial charge in [0.15, 0.2) is 0 Å². The molecule has 0 bridgehead atoms. The molecule has 1 heterocycles. The van der Waals surface area contributed by atoms with Crippen LogP contribution in [0.2, 0.25) is 0 Å². The van der Waals surface area contributed by atoms with Crippen LogP contribution in [0.1, 0.15) is 17.0 Å². The van der Waals surface area contributed by atoms with Gasteiger partial charge >= 0.3 is 5.76 Å². The quantitative estimate of drug-likeness (QED) is 0.890. The fraction of sp³-hybridized carbons (Fsp3) is 0.333. The Labute approximate surface area is 138 Å². The van der Waals surface area contributed by atoms with Crippen molar-refractivity contribution in [2.75, 3.05) is 5.32 Å². The highest BCUT2D eigenvalue weighted by molar-refractivity contribution is 7.91. The Kier molecular flexibility index (Phi) is 5.02. The number of para-hydroxylation sites is 1.